The molecule has 0 unspecified atom stereocenters. The largest absolute Gasteiger partial charge is 0.496 e. The van der Waals surface area contributed by atoms with Crippen LogP contribution in [0.3, 0.4) is 0 Å². The molecule has 0 aromatic heterocycles. The molecule has 0 fully saturated rings. The summed E-state index contributed by atoms with van der Waals surface area (Å²) in [6.07, 6.45) is 0. The van der Waals surface area contributed by atoms with Gasteiger partial charge < -0.3 is 9.47 Å². The predicted octanol–water partition coefficient (Wildman–Crippen LogP) is 3.78. The Morgan fingerprint density at radius 3 is 2.54 bits per heavy atom. The summed E-state index contributed by atoms with van der Waals surface area (Å²) >= 11 is 1.48. The van der Waals surface area contributed by atoms with Gasteiger partial charge in [-0.2, -0.15) is 5.10 Å². The molecule has 0 spiro atoms. The van der Waals surface area contributed by atoms with Crippen LogP contribution in [0.4, 0.5) is 0 Å². The number of hydrogen-bond donors (Lipinski definition) is 1. The summed E-state index contributed by atoms with van der Waals surface area (Å²) in [5.41, 5.74) is 6.37. The molecule has 0 radical (unpaired) electrons. The number of carbonyl (C=O) groups excluding carboxylic acids is 1. The van der Waals surface area contributed by atoms with Crippen molar-refractivity contribution < 1.29 is 14.3 Å². The first-order valence-electron chi connectivity index (χ1n) is 8.22. The van der Waals surface area contributed by atoms with Gasteiger partial charge >= 0.3 is 0 Å². The fourth-order valence-electron chi connectivity index (χ4n) is 2.30. The Kier molecular flexibility index (Phi) is 7.69. The first-order valence-corrected chi connectivity index (χ1v) is 9.21. The van der Waals surface area contributed by atoms with Crippen molar-refractivity contribution >= 4 is 23.4 Å². The number of hydrazone groups is 1. The number of nitrogens with zero attached hydrogens (tertiary/aromatic N) is 1. The summed E-state index contributed by atoms with van der Waals surface area (Å²) in [7, 11) is 3.26. The van der Waals surface area contributed by atoms with Crippen LogP contribution in [0.15, 0.2) is 52.5 Å². The molecule has 2 aromatic carbocycles. The number of benzene rings is 2. The fourth-order valence-corrected chi connectivity index (χ4v) is 2.99. The first-order chi connectivity index (χ1) is 12.5. The van der Waals surface area contributed by atoms with Crippen molar-refractivity contribution in [3.8, 4) is 5.75 Å². The molecule has 0 bridgehead atoms. The molecule has 0 saturated carbocycles. The number of thioether (sulfide) groups is 1. The predicted molar refractivity (Wildman–Crippen MR) is 106 cm³/mol. The Morgan fingerprint density at radius 1 is 1.15 bits per heavy atom. The zero-order valence-electron chi connectivity index (χ0n) is 15.5. The van der Waals surface area contributed by atoms with Gasteiger partial charge in [-0.25, -0.2) is 5.43 Å². The van der Waals surface area contributed by atoms with Gasteiger partial charge in [-0.05, 0) is 49.7 Å². The van der Waals surface area contributed by atoms with Gasteiger partial charge in [-0.3, -0.25) is 4.79 Å². The Balaban J connectivity index is 1.95. The fraction of sp³-hybridized carbons (Fsp3) is 0.300. The van der Waals surface area contributed by atoms with Crippen LogP contribution < -0.4 is 10.2 Å². The van der Waals surface area contributed by atoms with Crippen molar-refractivity contribution in [3.63, 3.8) is 0 Å². The minimum atomic E-state index is -0.138. The summed E-state index contributed by atoms with van der Waals surface area (Å²) in [5, 5.41) is 4.20. The maximum absolute atomic E-state index is 12.0. The zero-order valence-corrected chi connectivity index (χ0v) is 16.4. The van der Waals surface area contributed by atoms with Crippen molar-refractivity contribution in [2.75, 3.05) is 20.0 Å². The molecule has 2 aromatic rings. The maximum Gasteiger partial charge on any atom is 0.250 e. The van der Waals surface area contributed by atoms with Crippen molar-refractivity contribution in [1.82, 2.24) is 5.43 Å². The van der Waals surface area contributed by atoms with Crippen LogP contribution in [-0.2, 0) is 16.1 Å². The second-order valence-electron chi connectivity index (χ2n) is 5.79. The zero-order chi connectivity index (χ0) is 18.9. The van der Waals surface area contributed by atoms with Gasteiger partial charge in [0.25, 0.3) is 0 Å². The van der Waals surface area contributed by atoms with Crippen LogP contribution in [0, 0.1) is 6.92 Å². The number of amides is 1. The smallest absolute Gasteiger partial charge is 0.250 e. The standard InChI is InChI=1S/C20H24N2O3S/c1-14-5-8-18(9-6-14)26-13-20(23)22-21-15(2)16-7-10-19(25-4)17(11-16)12-24-3/h5-11H,12-13H2,1-4H3,(H,22,23)/b21-15-. The molecule has 0 heterocycles. The van der Waals surface area contributed by atoms with Gasteiger partial charge in [0.1, 0.15) is 5.75 Å². The first kappa shape index (κ1) is 20.0. The van der Waals surface area contributed by atoms with Crippen LogP contribution >= 0.6 is 11.8 Å². The highest BCUT2D eigenvalue weighted by Gasteiger charge is 2.07. The van der Waals surface area contributed by atoms with Crippen LogP contribution in [0.5, 0.6) is 5.75 Å². The van der Waals surface area contributed by atoms with E-state index >= 15 is 0 Å². The topological polar surface area (TPSA) is 59.9 Å². The minimum absolute atomic E-state index is 0.138. The van der Waals surface area contributed by atoms with Crippen LogP contribution in [0.1, 0.15) is 23.6 Å². The Labute approximate surface area is 158 Å². The number of aryl methyl sites for hydroxylation is 1. The third-order valence-corrected chi connectivity index (χ3v) is 4.75. The number of ether oxygens (including phenoxy) is 2. The second-order valence-corrected chi connectivity index (χ2v) is 6.84. The Morgan fingerprint density at radius 2 is 1.88 bits per heavy atom. The number of nitrogens with one attached hydrogen (secondary N) is 1. The van der Waals surface area contributed by atoms with Gasteiger partial charge in [0.15, 0.2) is 0 Å². The Bertz CT molecular complexity index is 773. The highest BCUT2D eigenvalue weighted by Crippen LogP contribution is 2.21. The van der Waals surface area contributed by atoms with E-state index in [-0.39, 0.29) is 5.91 Å². The van der Waals surface area contributed by atoms with E-state index in [1.54, 1.807) is 14.2 Å². The molecule has 0 aliphatic carbocycles. The quantitative estimate of drug-likeness (QED) is 0.435. The van der Waals surface area contributed by atoms with Crippen molar-refractivity contribution in [3.05, 3.63) is 59.2 Å². The van der Waals surface area contributed by atoms with Crippen molar-refractivity contribution in [1.29, 1.82) is 0 Å². The molecule has 1 amide bonds. The van der Waals surface area contributed by atoms with Crippen LogP contribution in [0.25, 0.3) is 0 Å². The number of hydrogen-bond acceptors (Lipinski definition) is 5. The van der Waals surface area contributed by atoms with Gasteiger partial charge in [-0.1, -0.05) is 17.7 Å². The molecular weight excluding hydrogens is 348 g/mol. The third-order valence-electron chi connectivity index (χ3n) is 3.74. The van der Waals surface area contributed by atoms with Gasteiger partial charge in [0, 0.05) is 17.6 Å². The molecule has 6 heteroatoms. The molecule has 2 rings (SSSR count). The summed E-state index contributed by atoms with van der Waals surface area (Å²) in [5.74, 6) is 0.944. The summed E-state index contributed by atoms with van der Waals surface area (Å²) in [4.78, 5) is 13.1. The molecule has 0 aliphatic rings. The molecular formula is C20H24N2O3S. The van der Waals surface area contributed by atoms with E-state index in [2.05, 4.69) is 10.5 Å². The third kappa shape index (κ3) is 5.89. The monoisotopic (exact) mass is 372 g/mol. The van der Waals surface area contributed by atoms with Crippen LogP contribution in [-0.4, -0.2) is 31.6 Å². The lowest BCUT2D eigenvalue weighted by Gasteiger charge is -2.10. The maximum atomic E-state index is 12.0. The molecule has 0 aliphatic heterocycles. The van der Waals surface area contributed by atoms with E-state index in [4.69, 9.17) is 9.47 Å². The second kappa shape index (κ2) is 9.99. The minimum Gasteiger partial charge on any atom is -0.496 e. The Hall–Kier alpha value is -2.31. The molecule has 1 N–H and O–H groups in total. The molecule has 5 nitrogen and oxygen atoms in total. The SMILES string of the molecule is COCc1cc(/C(C)=N\NC(=O)CSc2ccc(C)cc2)ccc1OC. The summed E-state index contributed by atoms with van der Waals surface area (Å²) in [6.45, 7) is 4.34. The van der Waals surface area contributed by atoms with E-state index in [1.165, 1.54) is 17.3 Å². The van der Waals surface area contributed by atoms with E-state index in [9.17, 15) is 4.79 Å². The van der Waals surface area contributed by atoms with Crippen molar-refractivity contribution in [2.24, 2.45) is 5.10 Å². The lowest BCUT2D eigenvalue weighted by atomic mass is 10.1. The average molecular weight is 372 g/mol. The number of methoxy groups -OCH3 is 2. The van der Waals surface area contributed by atoms with E-state index in [0.29, 0.717) is 12.4 Å². The van der Waals surface area contributed by atoms with E-state index in [1.807, 2.05) is 56.3 Å². The van der Waals surface area contributed by atoms with Gasteiger partial charge in [0.05, 0.1) is 25.2 Å². The number of rotatable bonds is 8. The molecule has 0 saturated heterocycles. The molecule has 0 atom stereocenters. The van der Waals surface area contributed by atoms with Gasteiger partial charge in [0.2, 0.25) is 5.91 Å². The van der Waals surface area contributed by atoms with Crippen molar-refractivity contribution in [2.45, 2.75) is 25.3 Å². The average Bonchev–Trinajstić information content (AvgIpc) is 2.65. The molecule has 26 heavy (non-hydrogen) atoms. The lowest BCUT2D eigenvalue weighted by molar-refractivity contribution is -0.118. The normalized spacial score (nSPS) is 11.3. The van der Waals surface area contributed by atoms with Gasteiger partial charge in [-0.15, -0.1) is 11.8 Å². The van der Waals surface area contributed by atoms with Crippen LogP contribution in [0.2, 0.25) is 0 Å². The van der Waals surface area contributed by atoms with E-state index in [0.717, 1.165) is 27.5 Å². The lowest BCUT2D eigenvalue weighted by Crippen LogP contribution is -2.21. The summed E-state index contributed by atoms with van der Waals surface area (Å²) < 4.78 is 10.5. The highest BCUT2D eigenvalue weighted by molar-refractivity contribution is 8.00. The summed E-state index contributed by atoms with van der Waals surface area (Å²) in [6, 6.07) is 13.8. The molecule has 138 valence electrons. The highest BCUT2D eigenvalue weighted by atomic mass is 32.2. The number of carbonyl (C=O) groups is 1. The van der Waals surface area contributed by atoms with E-state index < -0.39 is 0 Å².